The molecule has 0 spiro atoms. The Balaban J connectivity index is 2.95. The van der Waals surface area contributed by atoms with Crippen molar-refractivity contribution in [1.82, 2.24) is 0 Å². The standard InChI is InChI=1S/C11H15F2N/c1-3-7(2)11(14)9-5-4-8(12)6-10(9)13/h4-7,11H,3,14H2,1-2H3/t7?,11-/m0/s1. The lowest BCUT2D eigenvalue weighted by Crippen LogP contribution is -2.19. The summed E-state index contributed by atoms with van der Waals surface area (Å²) < 4.78 is 25.9. The third kappa shape index (κ3) is 2.29. The van der Waals surface area contributed by atoms with E-state index in [2.05, 4.69) is 0 Å². The first-order valence-electron chi connectivity index (χ1n) is 4.76. The summed E-state index contributed by atoms with van der Waals surface area (Å²) in [6, 6.07) is 3.17. The van der Waals surface area contributed by atoms with Gasteiger partial charge in [-0.2, -0.15) is 0 Å². The maximum absolute atomic E-state index is 13.3. The molecule has 0 radical (unpaired) electrons. The molecule has 1 aromatic rings. The third-order valence-corrected chi connectivity index (χ3v) is 2.58. The zero-order valence-electron chi connectivity index (χ0n) is 8.43. The van der Waals surface area contributed by atoms with Gasteiger partial charge in [0.15, 0.2) is 0 Å². The highest BCUT2D eigenvalue weighted by Crippen LogP contribution is 2.24. The maximum Gasteiger partial charge on any atom is 0.130 e. The monoisotopic (exact) mass is 199 g/mol. The van der Waals surface area contributed by atoms with E-state index >= 15 is 0 Å². The summed E-state index contributed by atoms with van der Waals surface area (Å²) in [7, 11) is 0. The predicted molar refractivity (Wildman–Crippen MR) is 52.7 cm³/mol. The third-order valence-electron chi connectivity index (χ3n) is 2.58. The van der Waals surface area contributed by atoms with Crippen LogP contribution in [0.5, 0.6) is 0 Å². The van der Waals surface area contributed by atoms with Crippen LogP contribution >= 0.6 is 0 Å². The second-order valence-electron chi connectivity index (χ2n) is 3.58. The van der Waals surface area contributed by atoms with Gasteiger partial charge in [0, 0.05) is 17.7 Å². The molecule has 3 heteroatoms. The summed E-state index contributed by atoms with van der Waals surface area (Å²) in [6.07, 6.45) is 0.873. The Morgan fingerprint density at radius 1 is 1.36 bits per heavy atom. The molecule has 0 saturated heterocycles. The van der Waals surface area contributed by atoms with Crippen molar-refractivity contribution < 1.29 is 8.78 Å². The molecule has 0 aliphatic heterocycles. The second kappa shape index (κ2) is 4.51. The van der Waals surface area contributed by atoms with Gasteiger partial charge in [0.05, 0.1) is 0 Å². The van der Waals surface area contributed by atoms with Crippen molar-refractivity contribution in [2.24, 2.45) is 11.7 Å². The van der Waals surface area contributed by atoms with Crippen LogP contribution in [-0.4, -0.2) is 0 Å². The highest BCUT2D eigenvalue weighted by Gasteiger charge is 2.16. The van der Waals surface area contributed by atoms with Gasteiger partial charge in [-0.05, 0) is 12.0 Å². The number of benzene rings is 1. The molecule has 2 atom stereocenters. The summed E-state index contributed by atoms with van der Waals surface area (Å²) in [5.74, 6) is -0.935. The van der Waals surface area contributed by atoms with Crippen LogP contribution in [0, 0.1) is 17.6 Å². The Labute approximate surface area is 82.9 Å². The molecule has 0 fully saturated rings. The highest BCUT2D eigenvalue weighted by atomic mass is 19.1. The molecule has 0 aromatic heterocycles. The number of nitrogens with two attached hydrogens (primary N) is 1. The normalized spacial score (nSPS) is 15.2. The van der Waals surface area contributed by atoms with Crippen molar-refractivity contribution in [3.63, 3.8) is 0 Å². The lowest BCUT2D eigenvalue weighted by molar-refractivity contribution is 0.437. The summed E-state index contributed by atoms with van der Waals surface area (Å²) >= 11 is 0. The molecular weight excluding hydrogens is 184 g/mol. The smallest absolute Gasteiger partial charge is 0.130 e. The van der Waals surface area contributed by atoms with Gasteiger partial charge in [-0.1, -0.05) is 26.3 Å². The van der Waals surface area contributed by atoms with Crippen molar-refractivity contribution in [3.05, 3.63) is 35.4 Å². The van der Waals surface area contributed by atoms with E-state index in [4.69, 9.17) is 5.73 Å². The van der Waals surface area contributed by atoms with Crippen LogP contribution in [0.25, 0.3) is 0 Å². The molecule has 1 unspecified atom stereocenters. The van der Waals surface area contributed by atoms with Gasteiger partial charge in [0.25, 0.3) is 0 Å². The first-order valence-corrected chi connectivity index (χ1v) is 4.76. The molecule has 0 amide bonds. The van der Waals surface area contributed by atoms with Crippen molar-refractivity contribution in [2.75, 3.05) is 0 Å². The zero-order chi connectivity index (χ0) is 10.7. The number of hydrogen-bond donors (Lipinski definition) is 1. The number of rotatable bonds is 3. The molecule has 2 N–H and O–H groups in total. The van der Waals surface area contributed by atoms with Crippen LogP contribution in [0.15, 0.2) is 18.2 Å². The van der Waals surface area contributed by atoms with Crippen LogP contribution in [0.1, 0.15) is 31.9 Å². The fourth-order valence-electron chi connectivity index (χ4n) is 1.33. The minimum atomic E-state index is -0.567. The molecule has 0 aliphatic carbocycles. The van der Waals surface area contributed by atoms with E-state index in [0.29, 0.717) is 5.56 Å². The van der Waals surface area contributed by atoms with Crippen molar-refractivity contribution in [1.29, 1.82) is 0 Å². The molecule has 1 rings (SSSR count). The van der Waals surface area contributed by atoms with Gasteiger partial charge in [0.1, 0.15) is 11.6 Å². The van der Waals surface area contributed by atoms with E-state index in [1.807, 2.05) is 13.8 Å². The van der Waals surface area contributed by atoms with Crippen LogP contribution in [0.2, 0.25) is 0 Å². The average Bonchev–Trinajstić information content (AvgIpc) is 2.15. The molecule has 1 aromatic carbocycles. The van der Waals surface area contributed by atoms with E-state index in [-0.39, 0.29) is 12.0 Å². The predicted octanol–water partition coefficient (Wildman–Crippen LogP) is 3.01. The highest BCUT2D eigenvalue weighted by molar-refractivity contribution is 5.22. The van der Waals surface area contributed by atoms with Gasteiger partial charge in [0.2, 0.25) is 0 Å². The molecule has 0 aliphatic rings. The summed E-state index contributed by atoms with van der Waals surface area (Å²) in [5, 5.41) is 0. The van der Waals surface area contributed by atoms with Crippen LogP contribution < -0.4 is 5.73 Å². The number of hydrogen-bond acceptors (Lipinski definition) is 1. The van der Waals surface area contributed by atoms with Gasteiger partial charge in [-0.25, -0.2) is 8.78 Å². The van der Waals surface area contributed by atoms with Crippen LogP contribution in [-0.2, 0) is 0 Å². The fraction of sp³-hybridized carbons (Fsp3) is 0.455. The van der Waals surface area contributed by atoms with E-state index in [1.165, 1.54) is 12.1 Å². The van der Waals surface area contributed by atoms with Crippen LogP contribution in [0.4, 0.5) is 8.78 Å². The van der Waals surface area contributed by atoms with Gasteiger partial charge >= 0.3 is 0 Å². The first kappa shape index (κ1) is 11.1. The van der Waals surface area contributed by atoms with E-state index < -0.39 is 11.6 Å². The first-order chi connectivity index (χ1) is 6.56. The quantitative estimate of drug-likeness (QED) is 0.795. The molecule has 0 heterocycles. The largest absolute Gasteiger partial charge is 0.324 e. The fourth-order valence-corrected chi connectivity index (χ4v) is 1.33. The minimum absolute atomic E-state index is 0.190. The Kier molecular flexibility index (Phi) is 3.58. The molecular formula is C11H15F2N. The maximum atomic E-state index is 13.3. The Bertz CT molecular complexity index is 312. The van der Waals surface area contributed by atoms with Gasteiger partial charge in [-0.15, -0.1) is 0 Å². The summed E-state index contributed by atoms with van der Waals surface area (Å²) in [4.78, 5) is 0. The van der Waals surface area contributed by atoms with Gasteiger partial charge < -0.3 is 5.73 Å². The van der Waals surface area contributed by atoms with E-state index in [9.17, 15) is 8.78 Å². The Morgan fingerprint density at radius 3 is 2.50 bits per heavy atom. The number of halogens is 2. The lowest BCUT2D eigenvalue weighted by atomic mass is 9.93. The zero-order valence-corrected chi connectivity index (χ0v) is 8.43. The summed E-state index contributed by atoms with van der Waals surface area (Å²) in [6.45, 7) is 3.94. The second-order valence-corrected chi connectivity index (χ2v) is 3.58. The lowest BCUT2D eigenvalue weighted by Gasteiger charge is -2.19. The van der Waals surface area contributed by atoms with Gasteiger partial charge in [-0.3, -0.25) is 0 Å². The Morgan fingerprint density at radius 2 is 2.00 bits per heavy atom. The average molecular weight is 199 g/mol. The topological polar surface area (TPSA) is 26.0 Å². The van der Waals surface area contributed by atoms with Crippen molar-refractivity contribution in [3.8, 4) is 0 Å². The minimum Gasteiger partial charge on any atom is -0.324 e. The molecule has 78 valence electrons. The molecule has 0 bridgehead atoms. The van der Waals surface area contributed by atoms with E-state index in [1.54, 1.807) is 0 Å². The van der Waals surface area contributed by atoms with Crippen molar-refractivity contribution in [2.45, 2.75) is 26.3 Å². The SMILES string of the molecule is CCC(C)[C@H](N)c1ccc(F)cc1F. The molecule has 0 saturated carbocycles. The Hall–Kier alpha value is -0.960. The van der Waals surface area contributed by atoms with Crippen LogP contribution in [0.3, 0.4) is 0 Å². The van der Waals surface area contributed by atoms with Crippen molar-refractivity contribution >= 4 is 0 Å². The van der Waals surface area contributed by atoms with E-state index in [0.717, 1.165) is 12.5 Å². The summed E-state index contributed by atoms with van der Waals surface area (Å²) in [5.41, 5.74) is 6.23. The molecule has 14 heavy (non-hydrogen) atoms. The molecule has 1 nitrogen and oxygen atoms in total.